The Morgan fingerprint density at radius 3 is 2.55 bits per heavy atom. The van der Waals surface area contributed by atoms with Crippen LogP contribution >= 0.6 is 11.3 Å². The van der Waals surface area contributed by atoms with Gasteiger partial charge in [-0.1, -0.05) is 12.1 Å². The number of benzene rings is 1. The van der Waals surface area contributed by atoms with Crippen molar-refractivity contribution >= 4 is 33.7 Å². The van der Waals surface area contributed by atoms with E-state index in [2.05, 4.69) is 10.2 Å². The number of amides is 1. The number of alkyl halides is 3. The van der Waals surface area contributed by atoms with E-state index >= 15 is 0 Å². The third-order valence-electron chi connectivity index (χ3n) is 7.81. The molecular formula is C27H31F3N4O2S2. The summed E-state index contributed by atoms with van der Waals surface area (Å²) in [7, 11) is -0.771. The predicted octanol–water partition coefficient (Wildman–Crippen LogP) is 5.14. The maximum Gasteiger partial charge on any atom is 0.249 e. The van der Waals surface area contributed by atoms with Gasteiger partial charge in [0.15, 0.2) is 0 Å². The van der Waals surface area contributed by atoms with Gasteiger partial charge in [-0.05, 0) is 43.9 Å². The summed E-state index contributed by atoms with van der Waals surface area (Å²) in [6.45, 7) is 3.03. The lowest BCUT2D eigenvalue weighted by atomic mass is 9.75. The summed E-state index contributed by atoms with van der Waals surface area (Å²) in [6.07, 6.45) is -0.849. The second-order valence-corrected chi connectivity index (χ2v) is 13.3. The van der Waals surface area contributed by atoms with E-state index in [0.29, 0.717) is 35.0 Å². The number of aromatic nitrogens is 1. The summed E-state index contributed by atoms with van der Waals surface area (Å²) in [5.41, 5.74) is 2.57. The van der Waals surface area contributed by atoms with Crippen LogP contribution in [0.4, 0.5) is 18.9 Å². The number of anilines is 1. The SMILES string of the molecule is C[C@@H](C#N)NC(=O)C1C[C@@H](F)CC[C@H]1c1nc(C2CC(F)(F)C2)sc1-c1ccc(N2CCS(=O)CC2)cc1. The minimum Gasteiger partial charge on any atom is -0.370 e. The third-order valence-corrected chi connectivity index (χ3v) is 10.4. The number of carbonyl (C=O) groups excluding carboxylic acids is 1. The van der Waals surface area contributed by atoms with Gasteiger partial charge in [0.05, 0.1) is 21.6 Å². The average Bonchev–Trinajstić information content (AvgIpc) is 3.32. The fourth-order valence-corrected chi connectivity index (χ4v) is 7.92. The van der Waals surface area contributed by atoms with Gasteiger partial charge in [-0.2, -0.15) is 5.26 Å². The number of rotatable bonds is 6. The van der Waals surface area contributed by atoms with E-state index in [1.54, 1.807) is 6.92 Å². The lowest BCUT2D eigenvalue weighted by Crippen LogP contribution is -2.42. The Hall–Kier alpha value is -2.45. The maximum atomic E-state index is 14.5. The predicted molar refractivity (Wildman–Crippen MR) is 143 cm³/mol. The molecule has 5 rings (SSSR count). The first-order valence-electron chi connectivity index (χ1n) is 13.1. The van der Waals surface area contributed by atoms with Gasteiger partial charge in [0, 0.05) is 71.7 Å². The molecule has 1 aliphatic heterocycles. The van der Waals surface area contributed by atoms with Crippen LogP contribution in [0.1, 0.15) is 61.6 Å². The summed E-state index contributed by atoms with van der Waals surface area (Å²) in [4.78, 5) is 21.0. The van der Waals surface area contributed by atoms with Gasteiger partial charge < -0.3 is 10.2 Å². The normalized spacial score (nSPS) is 26.8. The first kappa shape index (κ1) is 27.1. The van der Waals surface area contributed by atoms with Crippen LogP contribution in [-0.2, 0) is 15.6 Å². The molecule has 38 heavy (non-hydrogen) atoms. The summed E-state index contributed by atoms with van der Waals surface area (Å²) in [6, 6.07) is 9.24. The zero-order valence-corrected chi connectivity index (χ0v) is 22.8. The largest absolute Gasteiger partial charge is 0.370 e. The van der Waals surface area contributed by atoms with E-state index in [1.807, 2.05) is 30.3 Å². The molecule has 0 bridgehead atoms. The van der Waals surface area contributed by atoms with Crippen molar-refractivity contribution in [2.45, 2.75) is 69.0 Å². The maximum absolute atomic E-state index is 14.5. The number of thiazole rings is 1. The topological polar surface area (TPSA) is 86.1 Å². The van der Waals surface area contributed by atoms with Crippen LogP contribution in [0.2, 0.25) is 0 Å². The molecule has 11 heteroatoms. The van der Waals surface area contributed by atoms with E-state index in [0.717, 1.165) is 29.2 Å². The summed E-state index contributed by atoms with van der Waals surface area (Å²) < 4.78 is 53.6. The summed E-state index contributed by atoms with van der Waals surface area (Å²) >= 11 is 1.39. The highest BCUT2D eigenvalue weighted by Crippen LogP contribution is 2.52. The van der Waals surface area contributed by atoms with E-state index in [9.17, 15) is 22.2 Å². The number of carbonyl (C=O) groups is 1. The Bertz CT molecular complexity index is 1230. The van der Waals surface area contributed by atoms with Crippen LogP contribution < -0.4 is 10.2 Å². The zero-order valence-electron chi connectivity index (χ0n) is 21.2. The van der Waals surface area contributed by atoms with Crippen LogP contribution in [-0.4, -0.2) is 57.8 Å². The van der Waals surface area contributed by atoms with Crippen molar-refractivity contribution in [3.8, 4) is 16.5 Å². The average molecular weight is 565 g/mol. The van der Waals surface area contributed by atoms with E-state index < -0.39 is 34.9 Å². The van der Waals surface area contributed by atoms with Crippen molar-refractivity contribution in [2.24, 2.45) is 5.92 Å². The summed E-state index contributed by atoms with van der Waals surface area (Å²) in [5, 5.41) is 12.5. The molecule has 3 aliphatic rings. The van der Waals surface area contributed by atoms with E-state index in [-0.39, 0.29) is 37.0 Å². The Morgan fingerprint density at radius 1 is 1.24 bits per heavy atom. The van der Waals surface area contributed by atoms with E-state index in [4.69, 9.17) is 10.2 Å². The van der Waals surface area contributed by atoms with Crippen molar-refractivity contribution < 1.29 is 22.2 Å². The van der Waals surface area contributed by atoms with Crippen molar-refractivity contribution in [1.82, 2.24) is 10.3 Å². The number of hydrogen-bond acceptors (Lipinski definition) is 6. The van der Waals surface area contributed by atoms with E-state index in [1.165, 1.54) is 11.3 Å². The number of halogens is 3. The fraction of sp³-hybridized carbons (Fsp3) is 0.593. The van der Waals surface area contributed by atoms with Gasteiger partial charge in [0.2, 0.25) is 11.8 Å². The minimum atomic E-state index is -2.68. The Morgan fingerprint density at radius 2 is 1.92 bits per heavy atom. The molecule has 1 aromatic heterocycles. The molecule has 0 spiro atoms. The molecule has 6 nitrogen and oxygen atoms in total. The molecular weight excluding hydrogens is 533 g/mol. The highest BCUT2D eigenvalue weighted by atomic mass is 32.2. The quantitative estimate of drug-likeness (QED) is 0.525. The molecule has 2 heterocycles. The van der Waals surface area contributed by atoms with Crippen molar-refractivity contribution in [2.75, 3.05) is 29.5 Å². The van der Waals surface area contributed by atoms with Crippen molar-refractivity contribution in [3.63, 3.8) is 0 Å². The van der Waals surface area contributed by atoms with Crippen LogP contribution in [0, 0.1) is 17.2 Å². The monoisotopic (exact) mass is 564 g/mol. The molecule has 4 atom stereocenters. The molecule has 1 saturated heterocycles. The fourth-order valence-electron chi connectivity index (χ4n) is 5.63. The van der Waals surface area contributed by atoms with Gasteiger partial charge in [0.1, 0.15) is 12.2 Å². The highest BCUT2D eigenvalue weighted by molar-refractivity contribution is 7.85. The molecule has 0 radical (unpaired) electrons. The zero-order chi connectivity index (χ0) is 27.0. The number of nitriles is 1. The third kappa shape index (κ3) is 5.76. The first-order chi connectivity index (χ1) is 18.1. The molecule has 1 aromatic carbocycles. The van der Waals surface area contributed by atoms with Gasteiger partial charge in [0.25, 0.3) is 0 Å². The van der Waals surface area contributed by atoms with Gasteiger partial charge >= 0.3 is 0 Å². The minimum absolute atomic E-state index is 0.0394. The molecule has 3 fully saturated rings. The Kier molecular flexibility index (Phi) is 7.83. The first-order valence-corrected chi connectivity index (χ1v) is 15.4. The number of nitrogens with one attached hydrogen (secondary N) is 1. The molecule has 2 aliphatic carbocycles. The van der Waals surface area contributed by atoms with Crippen LogP contribution in [0.15, 0.2) is 24.3 Å². The molecule has 1 amide bonds. The highest BCUT2D eigenvalue weighted by Gasteiger charge is 2.48. The smallest absolute Gasteiger partial charge is 0.249 e. The summed E-state index contributed by atoms with van der Waals surface area (Å²) in [5.74, 6) is -3.18. The Balaban J connectivity index is 1.47. The van der Waals surface area contributed by atoms with Crippen LogP contribution in [0.5, 0.6) is 0 Å². The lowest BCUT2D eigenvalue weighted by molar-refractivity contribution is -0.127. The van der Waals surface area contributed by atoms with Crippen molar-refractivity contribution in [3.05, 3.63) is 35.0 Å². The molecule has 2 aromatic rings. The second kappa shape index (κ2) is 11.0. The standard InChI is InChI=1S/C27H31F3N4O2S2/c1-16(15-31)32-25(35)22-12-19(28)4-7-21(22)23-24(37-26(33-23)18-13-27(29,30)14-18)17-2-5-20(6-3-17)34-8-10-38(36)11-9-34/h2-3,5-6,16,18-19,21-22H,4,7-14H2,1H3,(H,32,35)/t16-,19-,21+,22?/m0/s1. The number of nitrogens with zero attached hydrogens (tertiary/aromatic N) is 3. The van der Waals surface area contributed by atoms with Gasteiger partial charge in [-0.15, -0.1) is 11.3 Å². The van der Waals surface area contributed by atoms with Crippen LogP contribution in [0.3, 0.4) is 0 Å². The van der Waals surface area contributed by atoms with Gasteiger partial charge in [-0.3, -0.25) is 9.00 Å². The van der Waals surface area contributed by atoms with Gasteiger partial charge in [-0.25, -0.2) is 18.2 Å². The second-order valence-electron chi connectivity index (χ2n) is 10.6. The number of hydrogen-bond donors (Lipinski definition) is 1. The van der Waals surface area contributed by atoms with Crippen LogP contribution in [0.25, 0.3) is 10.4 Å². The van der Waals surface area contributed by atoms with Crippen molar-refractivity contribution in [1.29, 1.82) is 5.26 Å². The lowest BCUT2D eigenvalue weighted by Gasteiger charge is -2.34. The molecule has 1 unspecified atom stereocenters. The molecule has 1 N–H and O–H groups in total. The molecule has 204 valence electrons. The Labute approximate surface area is 227 Å². The molecule has 2 saturated carbocycles.